The number of hydrogen-bond donors (Lipinski definition) is 4. The van der Waals surface area contributed by atoms with Crippen molar-refractivity contribution in [1.82, 2.24) is 15.5 Å². The fraction of sp³-hybridized carbons (Fsp3) is 0.630. The minimum atomic E-state index is -1.36. The van der Waals surface area contributed by atoms with Crippen LogP contribution in [0.2, 0.25) is 0 Å². The number of alkyl carbamates (subject to hydrolysis) is 1. The Balaban J connectivity index is 3.63. The van der Waals surface area contributed by atoms with Gasteiger partial charge in [-0.15, -0.1) is 0 Å². The van der Waals surface area contributed by atoms with E-state index in [4.69, 9.17) is 10.5 Å². The summed E-state index contributed by atoms with van der Waals surface area (Å²) in [5.41, 5.74) is 4.18. The molecular weight excluding hydrogens is 476 g/mol. The van der Waals surface area contributed by atoms with Crippen LogP contribution >= 0.6 is 0 Å². The number of amides is 4. The fourth-order valence-electron chi connectivity index (χ4n) is 3.87. The minimum absolute atomic E-state index is 0.00749. The molecule has 5 N–H and O–H groups in total. The lowest BCUT2D eigenvalue weighted by Crippen LogP contribution is -2.60. The average molecular weight is 521 g/mol. The second kappa shape index (κ2) is 13.3. The summed E-state index contributed by atoms with van der Waals surface area (Å²) in [6.07, 6.45) is 0.688. The van der Waals surface area contributed by atoms with Crippen LogP contribution in [0.5, 0.6) is 5.75 Å². The molecule has 0 bridgehead atoms. The monoisotopic (exact) mass is 520 g/mol. The van der Waals surface area contributed by atoms with Crippen LogP contribution in [0.1, 0.15) is 92.7 Å². The number of phenolic OH excluding ortho intramolecular Hbond substituents is 1. The van der Waals surface area contributed by atoms with Crippen LogP contribution in [0.25, 0.3) is 0 Å². The van der Waals surface area contributed by atoms with Crippen LogP contribution < -0.4 is 16.4 Å². The van der Waals surface area contributed by atoms with Crippen molar-refractivity contribution in [3.8, 4) is 5.75 Å². The van der Waals surface area contributed by atoms with E-state index in [1.54, 1.807) is 46.8 Å². The van der Waals surface area contributed by atoms with Gasteiger partial charge in [-0.1, -0.05) is 32.4 Å². The van der Waals surface area contributed by atoms with Crippen LogP contribution in [0.3, 0.4) is 0 Å². The number of phenols is 1. The van der Waals surface area contributed by atoms with E-state index in [0.29, 0.717) is 12.0 Å². The van der Waals surface area contributed by atoms with E-state index in [0.717, 1.165) is 12.8 Å². The molecule has 3 atom stereocenters. The minimum Gasteiger partial charge on any atom is -0.508 e. The van der Waals surface area contributed by atoms with Gasteiger partial charge in [0.25, 0.3) is 0 Å². The summed E-state index contributed by atoms with van der Waals surface area (Å²) in [6, 6.07) is 3.39. The summed E-state index contributed by atoms with van der Waals surface area (Å²) in [6.45, 7) is 14.4. The smallest absolute Gasteiger partial charge is 0.408 e. The zero-order valence-corrected chi connectivity index (χ0v) is 23.4. The predicted octanol–water partition coefficient (Wildman–Crippen LogP) is 3.52. The molecule has 0 spiro atoms. The first-order valence-corrected chi connectivity index (χ1v) is 12.7. The molecule has 10 nitrogen and oxygen atoms in total. The van der Waals surface area contributed by atoms with Crippen LogP contribution in [-0.2, 0) is 19.1 Å². The van der Waals surface area contributed by atoms with Crippen molar-refractivity contribution in [1.29, 1.82) is 0 Å². The molecule has 3 unspecified atom stereocenters. The average Bonchev–Trinajstić information content (AvgIpc) is 2.75. The van der Waals surface area contributed by atoms with Gasteiger partial charge >= 0.3 is 6.09 Å². The first-order valence-electron chi connectivity index (χ1n) is 12.7. The first-order chi connectivity index (χ1) is 17.0. The van der Waals surface area contributed by atoms with Crippen molar-refractivity contribution in [3.63, 3.8) is 0 Å². The van der Waals surface area contributed by atoms with Gasteiger partial charge in [-0.25, -0.2) is 4.79 Å². The Morgan fingerprint density at radius 2 is 1.59 bits per heavy atom. The number of benzene rings is 1. The molecule has 0 fully saturated rings. The summed E-state index contributed by atoms with van der Waals surface area (Å²) in [5.74, 6) is -1.87. The molecule has 10 heteroatoms. The summed E-state index contributed by atoms with van der Waals surface area (Å²) >= 11 is 0. The summed E-state index contributed by atoms with van der Waals surface area (Å²) in [4.78, 5) is 53.7. The number of hydrogen-bond acceptors (Lipinski definition) is 6. The van der Waals surface area contributed by atoms with Crippen LogP contribution in [-0.4, -0.2) is 57.0 Å². The Labute approximate surface area is 220 Å². The van der Waals surface area contributed by atoms with Gasteiger partial charge in [-0.2, -0.15) is 0 Å². The fourth-order valence-corrected chi connectivity index (χ4v) is 3.87. The molecule has 0 aliphatic heterocycles. The van der Waals surface area contributed by atoms with Gasteiger partial charge in [0.1, 0.15) is 23.4 Å². The van der Waals surface area contributed by atoms with Gasteiger partial charge in [-0.3, -0.25) is 14.4 Å². The van der Waals surface area contributed by atoms with Gasteiger partial charge in [0.05, 0.1) is 6.42 Å². The van der Waals surface area contributed by atoms with E-state index in [1.807, 2.05) is 20.8 Å². The van der Waals surface area contributed by atoms with Crippen LogP contribution in [0.15, 0.2) is 24.3 Å². The quantitative estimate of drug-likeness (QED) is 0.331. The zero-order chi connectivity index (χ0) is 28.6. The third-order valence-electron chi connectivity index (χ3n) is 5.97. The Bertz CT molecular complexity index is 939. The number of aromatic hydroxyl groups is 1. The maximum Gasteiger partial charge on any atom is 0.408 e. The second-order valence-electron chi connectivity index (χ2n) is 10.9. The molecule has 4 amide bonds. The van der Waals surface area contributed by atoms with Gasteiger partial charge in [0.2, 0.25) is 17.7 Å². The Kier molecular flexibility index (Phi) is 11.4. The van der Waals surface area contributed by atoms with E-state index in [9.17, 15) is 24.3 Å². The maximum absolute atomic E-state index is 14.1. The number of carbonyl (C=O) groups is 4. The Hall–Kier alpha value is -3.30. The first kappa shape index (κ1) is 31.7. The highest BCUT2D eigenvalue weighted by molar-refractivity contribution is 5.95. The Morgan fingerprint density at radius 1 is 1.03 bits per heavy atom. The van der Waals surface area contributed by atoms with Crippen molar-refractivity contribution in [2.75, 3.05) is 0 Å². The van der Waals surface area contributed by atoms with Crippen molar-refractivity contribution < 1.29 is 29.0 Å². The number of carbonyl (C=O) groups excluding carboxylic acids is 4. The van der Waals surface area contributed by atoms with E-state index in [2.05, 4.69) is 10.6 Å². The summed E-state index contributed by atoms with van der Waals surface area (Å²) in [7, 11) is 0. The summed E-state index contributed by atoms with van der Waals surface area (Å²) in [5, 5.41) is 15.3. The number of primary amides is 1. The van der Waals surface area contributed by atoms with Crippen molar-refractivity contribution in [2.45, 2.75) is 110 Å². The van der Waals surface area contributed by atoms with Crippen LogP contribution in [0, 0.1) is 0 Å². The molecule has 0 saturated heterocycles. The third-order valence-corrected chi connectivity index (χ3v) is 5.97. The zero-order valence-electron chi connectivity index (χ0n) is 23.4. The van der Waals surface area contributed by atoms with Gasteiger partial charge in [-0.05, 0) is 72.1 Å². The van der Waals surface area contributed by atoms with E-state index in [1.165, 1.54) is 17.0 Å². The number of nitrogens with two attached hydrogens (primary N) is 1. The van der Waals surface area contributed by atoms with E-state index >= 15 is 0 Å². The largest absolute Gasteiger partial charge is 0.508 e. The Morgan fingerprint density at radius 3 is 2.05 bits per heavy atom. The standard InChI is InChI=1S/C27H44N4O6/c1-9-11-17(3)29-23(34)22(18-12-14-19(32)15-13-18)31(27(7,8)10-2)24(35)20(16-21(28)33)30-25(36)37-26(4,5)6/h12-15,17,20,22,32H,9-11,16H2,1-8H3,(H2,28,33)(H,29,34)(H,30,36). The van der Waals surface area contributed by atoms with Gasteiger partial charge in [0, 0.05) is 11.6 Å². The molecular formula is C27H44N4O6. The predicted molar refractivity (Wildman–Crippen MR) is 142 cm³/mol. The maximum atomic E-state index is 14.1. The molecule has 1 aromatic rings. The molecule has 37 heavy (non-hydrogen) atoms. The highest BCUT2D eigenvalue weighted by atomic mass is 16.6. The van der Waals surface area contributed by atoms with E-state index in [-0.39, 0.29) is 11.8 Å². The number of nitrogens with zero attached hydrogens (tertiary/aromatic N) is 1. The van der Waals surface area contributed by atoms with Crippen molar-refractivity contribution >= 4 is 23.8 Å². The van der Waals surface area contributed by atoms with Gasteiger partial charge in [0.15, 0.2) is 0 Å². The molecule has 0 aliphatic rings. The lowest BCUT2D eigenvalue weighted by Gasteiger charge is -2.44. The molecule has 208 valence electrons. The molecule has 0 heterocycles. The normalized spacial score (nSPS) is 14.2. The third kappa shape index (κ3) is 9.93. The van der Waals surface area contributed by atoms with Crippen molar-refractivity contribution in [2.24, 2.45) is 5.73 Å². The molecule has 0 aliphatic carbocycles. The topological polar surface area (TPSA) is 151 Å². The molecule has 1 aromatic carbocycles. The SMILES string of the molecule is CCCC(C)NC(=O)C(c1ccc(O)cc1)N(C(=O)C(CC(N)=O)NC(=O)OC(C)(C)C)C(C)(C)CC. The van der Waals surface area contributed by atoms with Crippen molar-refractivity contribution in [3.05, 3.63) is 29.8 Å². The molecule has 0 aromatic heterocycles. The second-order valence-corrected chi connectivity index (χ2v) is 10.9. The molecule has 1 rings (SSSR count). The lowest BCUT2D eigenvalue weighted by molar-refractivity contribution is -0.150. The van der Waals surface area contributed by atoms with Crippen LogP contribution in [0.4, 0.5) is 4.79 Å². The van der Waals surface area contributed by atoms with Gasteiger partial charge < -0.3 is 31.1 Å². The summed E-state index contributed by atoms with van der Waals surface area (Å²) < 4.78 is 5.30. The lowest BCUT2D eigenvalue weighted by atomic mass is 9.91. The molecule has 0 saturated carbocycles. The highest BCUT2D eigenvalue weighted by Crippen LogP contribution is 2.33. The number of rotatable bonds is 12. The number of nitrogens with one attached hydrogen (secondary N) is 2. The van der Waals surface area contributed by atoms with E-state index < -0.39 is 53.5 Å². The molecule has 0 radical (unpaired) electrons. The number of ether oxygens (including phenoxy) is 1. The highest BCUT2D eigenvalue weighted by Gasteiger charge is 2.43.